The fraction of sp³-hybridized carbons (Fsp3) is 0.800. The second-order valence-corrected chi connectivity index (χ2v) is 7.07. The summed E-state index contributed by atoms with van der Waals surface area (Å²) in [5.74, 6) is 0. The zero-order chi connectivity index (χ0) is 14.7. The van der Waals surface area contributed by atoms with Gasteiger partial charge in [-0.1, -0.05) is 0 Å². The normalized spacial score (nSPS) is 13.0. The molecule has 1 aromatic heterocycles. The summed E-state index contributed by atoms with van der Waals surface area (Å²) in [4.78, 5) is 0. The monoisotopic (exact) mass is 267 g/mol. The van der Waals surface area contributed by atoms with Crippen LogP contribution in [0.5, 0.6) is 0 Å². The Labute approximate surface area is 117 Å². The zero-order valence-corrected chi connectivity index (χ0v) is 13.5. The number of hydrogen-bond acceptors (Lipinski definition) is 3. The Kier molecular flexibility index (Phi) is 5.16. The van der Waals surface area contributed by atoms with Gasteiger partial charge in [0.05, 0.1) is 24.4 Å². The summed E-state index contributed by atoms with van der Waals surface area (Å²) >= 11 is 0. The van der Waals surface area contributed by atoms with E-state index in [2.05, 4.69) is 65.1 Å². The van der Waals surface area contributed by atoms with Gasteiger partial charge in [0, 0.05) is 23.8 Å². The van der Waals surface area contributed by atoms with Crippen molar-refractivity contribution in [3.05, 3.63) is 17.5 Å². The van der Waals surface area contributed by atoms with E-state index in [1.54, 1.807) is 0 Å². The van der Waals surface area contributed by atoms with Crippen LogP contribution in [-0.2, 0) is 17.8 Å². The molecule has 0 amide bonds. The molecule has 1 N–H and O–H groups in total. The third kappa shape index (κ3) is 6.73. The van der Waals surface area contributed by atoms with E-state index in [1.807, 2.05) is 4.68 Å². The van der Waals surface area contributed by atoms with E-state index in [1.165, 1.54) is 5.56 Å². The lowest BCUT2D eigenvalue weighted by molar-refractivity contribution is -0.00791. The Balaban J connectivity index is 2.50. The van der Waals surface area contributed by atoms with Crippen molar-refractivity contribution in [2.24, 2.45) is 0 Å². The molecule has 4 heteroatoms. The van der Waals surface area contributed by atoms with E-state index >= 15 is 0 Å². The van der Waals surface area contributed by atoms with Gasteiger partial charge in [0.1, 0.15) is 0 Å². The molecule has 1 rings (SSSR count). The van der Waals surface area contributed by atoms with E-state index in [-0.39, 0.29) is 11.1 Å². The third-order valence-corrected chi connectivity index (χ3v) is 2.71. The van der Waals surface area contributed by atoms with Crippen LogP contribution in [0.2, 0.25) is 0 Å². The summed E-state index contributed by atoms with van der Waals surface area (Å²) in [6.45, 7) is 17.1. The largest absolute Gasteiger partial charge is 0.374 e. The van der Waals surface area contributed by atoms with Crippen LogP contribution < -0.4 is 5.32 Å². The Bertz CT molecular complexity index is 397. The molecule has 1 aromatic rings. The van der Waals surface area contributed by atoms with E-state index < -0.39 is 0 Å². The number of nitrogens with one attached hydrogen (secondary N) is 1. The highest BCUT2D eigenvalue weighted by molar-refractivity contribution is 5.15. The average molecular weight is 267 g/mol. The van der Waals surface area contributed by atoms with Gasteiger partial charge >= 0.3 is 0 Å². The number of aromatic nitrogens is 2. The molecule has 4 nitrogen and oxygen atoms in total. The number of aryl methyl sites for hydroxylation is 1. The lowest BCUT2D eigenvalue weighted by atomic mass is 10.1. The quantitative estimate of drug-likeness (QED) is 0.891. The third-order valence-electron chi connectivity index (χ3n) is 2.71. The molecular formula is C15H29N3O. The van der Waals surface area contributed by atoms with Crippen LogP contribution in [0.15, 0.2) is 6.20 Å². The van der Waals surface area contributed by atoms with Crippen LogP contribution in [-0.4, -0.2) is 27.5 Å². The van der Waals surface area contributed by atoms with Gasteiger partial charge in [-0.25, -0.2) is 0 Å². The maximum Gasteiger partial charge on any atom is 0.0669 e. The predicted octanol–water partition coefficient (Wildman–Crippen LogP) is 2.89. The van der Waals surface area contributed by atoms with Gasteiger partial charge in [-0.3, -0.25) is 4.68 Å². The number of rotatable bonds is 5. The fourth-order valence-electron chi connectivity index (χ4n) is 1.65. The lowest BCUT2D eigenvalue weighted by Crippen LogP contribution is -2.35. The first-order valence-electron chi connectivity index (χ1n) is 6.99. The molecule has 0 aliphatic carbocycles. The second kappa shape index (κ2) is 6.06. The molecule has 110 valence electrons. The smallest absolute Gasteiger partial charge is 0.0669 e. The first kappa shape index (κ1) is 16.2. The first-order chi connectivity index (χ1) is 8.57. The SMILES string of the molecule is Cc1nn(CCOC(C)(C)C)cc1CNC(C)(C)C. The van der Waals surface area contributed by atoms with Crippen molar-refractivity contribution in [2.45, 2.75) is 72.7 Å². The summed E-state index contributed by atoms with van der Waals surface area (Å²) in [5.41, 5.74) is 2.39. The molecule has 0 spiro atoms. The van der Waals surface area contributed by atoms with Crippen molar-refractivity contribution in [1.29, 1.82) is 0 Å². The molecule has 19 heavy (non-hydrogen) atoms. The summed E-state index contributed by atoms with van der Waals surface area (Å²) in [5, 5.41) is 8.02. The molecule has 0 unspecified atom stereocenters. The van der Waals surface area contributed by atoms with Gasteiger partial charge in [0.15, 0.2) is 0 Å². The van der Waals surface area contributed by atoms with Crippen molar-refractivity contribution in [3.63, 3.8) is 0 Å². The minimum absolute atomic E-state index is 0.0845. The van der Waals surface area contributed by atoms with Crippen molar-refractivity contribution in [3.8, 4) is 0 Å². The summed E-state index contributed by atoms with van der Waals surface area (Å²) in [6.07, 6.45) is 2.11. The number of nitrogens with zero attached hydrogens (tertiary/aromatic N) is 2. The summed E-state index contributed by atoms with van der Waals surface area (Å²) in [7, 11) is 0. The molecule has 0 saturated carbocycles. The molecule has 0 fully saturated rings. The first-order valence-corrected chi connectivity index (χ1v) is 6.99. The lowest BCUT2D eigenvalue weighted by Gasteiger charge is -2.20. The predicted molar refractivity (Wildman–Crippen MR) is 79.3 cm³/mol. The van der Waals surface area contributed by atoms with Crippen LogP contribution in [0.25, 0.3) is 0 Å². The van der Waals surface area contributed by atoms with Crippen molar-refractivity contribution < 1.29 is 4.74 Å². The molecule has 0 atom stereocenters. The molecular weight excluding hydrogens is 238 g/mol. The minimum Gasteiger partial charge on any atom is -0.374 e. The number of ether oxygens (including phenoxy) is 1. The molecule has 0 aromatic carbocycles. The Morgan fingerprint density at radius 2 is 1.84 bits per heavy atom. The van der Waals surface area contributed by atoms with Gasteiger partial charge in [0.2, 0.25) is 0 Å². The van der Waals surface area contributed by atoms with Crippen molar-refractivity contribution in [2.75, 3.05) is 6.61 Å². The van der Waals surface area contributed by atoms with Crippen LogP contribution >= 0.6 is 0 Å². The highest BCUT2D eigenvalue weighted by atomic mass is 16.5. The van der Waals surface area contributed by atoms with Crippen LogP contribution in [0.4, 0.5) is 0 Å². The zero-order valence-electron chi connectivity index (χ0n) is 13.5. The van der Waals surface area contributed by atoms with Gasteiger partial charge in [-0.05, 0) is 48.5 Å². The second-order valence-electron chi connectivity index (χ2n) is 7.07. The molecule has 0 saturated heterocycles. The summed E-state index contributed by atoms with van der Waals surface area (Å²) in [6, 6.07) is 0. The average Bonchev–Trinajstić information content (AvgIpc) is 2.53. The van der Waals surface area contributed by atoms with Crippen LogP contribution in [0.1, 0.15) is 52.8 Å². The molecule has 0 aliphatic rings. The van der Waals surface area contributed by atoms with E-state index in [0.717, 1.165) is 18.8 Å². The van der Waals surface area contributed by atoms with Gasteiger partial charge in [0.25, 0.3) is 0 Å². The van der Waals surface area contributed by atoms with Crippen LogP contribution in [0, 0.1) is 6.92 Å². The topological polar surface area (TPSA) is 39.1 Å². The molecule has 0 radical (unpaired) electrons. The van der Waals surface area contributed by atoms with E-state index in [4.69, 9.17) is 4.74 Å². The molecule has 0 aliphatic heterocycles. The van der Waals surface area contributed by atoms with E-state index in [0.29, 0.717) is 6.61 Å². The summed E-state index contributed by atoms with van der Waals surface area (Å²) < 4.78 is 7.69. The molecule has 1 heterocycles. The van der Waals surface area contributed by atoms with E-state index in [9.17, 15) is 0 Å². The van der Waals surface area contributed by atoms with Crippen molar-refractivity contribution in [1.82, 2.24) is 15.1 Å². The maximum absolute atomic E-state index is 5.72. The highest BCUT2D eigenvalue weighted by Gasteiger charge is 2.12. The highest BCUT2D eigenvalue weighted by Crippen LogP contribution is 2.10. The molecule has 0 bridgehead atoms. The fourth-order valence-corrected chi connectivity index (χ4v) is 1.65. The Morgan fingerprint density at radius 3 is 2.37 bits per heavy atom. The van der Waals surface area contributed by atoms with Gasteiger partial charge in [-0.15, -0.1) is 0 Å². The van der Waals surface area contributed by atoms with Crippen LogP contribution in [0.3, 0.4) is 0 Å². The van der Waals surface area contributed by atoms with Gasteiger partial charge in [-0.2, -0.15) is 5.10 Å². The maximum atomic E-state index is 5.72. The Hall–Kier alpha value is -0.870. The number of hydrogen-bond donors (Lipinski definition) is 1. The standard InChI is InChI=1S/C15H29N3O/c1-12-13(10-16-14(2,3)4)11-18(17-12)8-9-19-15(5,6)7/h11,16H,8-10H2,1-7H3. The van der Waals surface area contributed by atoms with Crippen molar-refractivity contribution >= 4 is 0 Å². The minimum atomic E-state index is -0.0845. The Morgan fingerprint density at radius 1 is 1.21 bits per heavy atom. The van der Waals surface area contributed by atoms with Gasteiger partial charge < -0.3 is 10.1 Å².